The van der Waals surface area contributed by atoms with Crippen molar-refractivity contribution in [2.45, 2.75) is 50.0 Å². The molecule has 1 saturated heterocycles. The zero-order valence-electron chi connectivity index (χ0n) is 12.7. The van der Waals surface area contributed by atoms with Crippen molar-refractivity contribution in [3.63, 3.8) is 0 Å². The van der Waals surface area contributed by atoms with E-state index in [2.05, 4.69) is 35.0 Å². The highest BCUT2D eigenvalue weighted by Gasteiger charge is 2.47. The van der Waals surface area contributed by atoms with Crippen LogP contribution in [0, 0.1) is 0 Å². The number of benzene rings is 1. The third kappa shape index (κ3) is 1.48. The minimum absolute atomic E-state index is 0.255. The molecule has 3 N–H and O–H groups in total. The quantitative estimate of drug-likeness (QED) is 0.887. The van der Waals surface area contributed by atoms with Gasteiger partial charge >= 0.3 is 0 Å². The molecular formula is C18H23N3. The van der Waals surface area contributed by atoms with Gasteiger partial charge in [-0.05, 0) is 56.2 Å². The Morgan fingerprint density at radius 1 is 1.29 bits per heavy atom. The number of rotatable bonds is 2. The molecule has 3 heteroatoms. The summed E-state index contributed by atoms with van der Waals surface area (Å²) in [5.74, 6) is 2.16. The van der Waals surface area contributed by atoms with E-state index >= 15 is 0 Å². The Morgan fingerprint density at radius 3 is 2.71 bits per heavy atom. The Labute approximate surface area is 125 Å². The summed E-state index contributed by atoms with van der Waals surface area (Å²) in [5.41, 5.74) is 10.9. The second-order valence-corrected chi connectivity index (χ2v) is 7.35. The van der Waals surface area contributed by atoms with Crippen LogP contribution in [0.2, 0.25) is 0 Å². The summed E-state index contributed by atoms with van der Waals surface area (Å²) >= 11 is 0. The van der Waals surface area contributed by atoms with Crippen LogP contribution < -0.4 is 10.6 Å². The fraction of sp³-hybridized carbons (Fsp3) is 0.556. The summed E-state index contributed by atoms with van der Waals surface area (Å²) in [5, 5.41) is 1.46. The Bertz CT molecular complexity index is 715. The van der Waals surface area contributed by atoms with E-state index in [9.17, 15) is 0 Å². The van der Waals surface area contributed by atoms with Crippen LogP contribution >= 0.6 is 0 Å². The molecule has 110 valence electrons. The molecule has 6 rings (SSSR count). The van der Waals surface area contributed by atoms with Crippen LogP contribution in [-0.2, 0) is 5.41 Å². The Kier molecular flexibility index (Phi) is 2.21. The number of aromatic amines is 1. The number of anilines is 1. The van der Waals surface area contributed by atoms with Crippen LogP contribution in [0.15, 0.2) is 18.2 Å². The Hall–Kier alpha value is -1.48. The molecule has 1 saturated carbocycles. The molecule has 1 aromatic carbocycles. The van der Waals surface area contributed by atoms with Gasteiger partial charge in [0.25, 0.3) is 0 Å². The minimum Gasteiger partial charge on any atom is -0.358 e. The number of hydrogen-bond acceptors (Lipinski definition) is 2. The summed E-state index contributed by atoms with van der Waals surface area (Å²) in [6.45, 7) is 4.61. The van der Waals surface area contributed by atoms with Gasteiger partial charge in [-0.15, -0.1) is 0 Å². The van der Waals surface area contributed by atoms with Crippen molar-refractivity contribution in [2.24, 2.45) is 5.73 Å². The van der Waals surface area contributed by atoms with E-state index in [4.69, 9.17) is 5.73 Å². The average Bonchev–Trinajstić information content (AvgIpc) is 3.23. The molecule has 2 bridgehead atoms. The number of aromatic nitrogens is 1. The molecule has 1 unspecified atom stereocenters. The summed E-state index contributed by atoms with van der Waals surface area (Å²) in [6, 6.07) is 7.29. The highest BCUT2D eigenvalue weighted by molar-refractivity contribution is 5.91. The van der Waals surface area contributed by atoms with E-state index in [0.717, 1.165) is 5.92 Å². The fourth-order valence-electron chi connectivity index (χ4n) is 4.70. The number of nitrogens with one attached hydrogen (secondary N) is 1. The largest absolute Gasteiger partial charge is 0.358 e. The number of H-pyrrole nitrogens is 1. The molecule has 21 heavy (non-hydrogen) atoms. The standard InChI is InChI=1S/C18H23N3/c1-11(19)18(6-7-18)13-2-3-15-14(10-13)16-12-4-8-21(9-5-12)17(16)20-15/h2-3,10-12,20H,4-9,19H2,1H3. The first kappa shape index (κ1) is 12.1. The van der Waals surface area contributed by atoms with Crippen molar-refractivity contribution in [1.29, 1.82) is 0 Å². The maximum absolute atomic E-state index is 6.27. The molecule has 3 nitrogen and oxygen atoms in total. The first-order valence-electron chi connectivity index (χ1n) is 8.36. The Balaban J connectivity index is 1.71. The summed E-state index contributed by atoms with van der Waals surface area (Å²) in [7, 11) is 0. The van der Waals surface area contributed by atoms with Gasteiger partial charge in [-0.1, -0.05) is 6.07 Å². The van der Waals surface area contributed by atoms with Crippen molar-refractivity contribution >= 4 is 16.7 Å². The molecule has 0 amide bonds. The van der Waals surface area contributed by atoms with E-state index in [-0.39, 0.29) is 11.5 Å². The lowest BCUT2D eigenvalue weighted by atomic mass is 9.83. The maximum Gasteiger partial charge on any atom is 0.110 e. The summed E-state index contributed by atoms with van der Waals surface area (Å²) in [4.78, 5) is 6.21. The Morgan fingerprint density at radius 2 is 2.05 bits per heavy atom. The van der Waals surface area contributed by atoms with Crippen LogP contribution in [0.25, 0.3) is 10.9 Å². The molecule has 0 radical (unpaired) electrons. The summed E-state index contributed by atoms with van der Waals surface area (Å²) in [6.07, 6.45) is 5.14. The van der Waals surface area contributed by atoms with Crippen LogP contribution in [0.3, 0.4) is 0 Å². The van der Waals surface area contributed by atoms with E-state index in [0.29, 0.717) is 0 Å². The van der Waals surface area contributed by atoms with Gasteiger partial charge in [0.2, 0.25) is 0 Å². The predicted octanol–water partition coefficient (Wildman–Crippen LogP) is 3.24. The smallest absolute Gasteiger partial charge is 0.110 e. The predicted molar refractivity (Wildman–Crippen MR) is 87.0 cm³/mol. The SMILES string of the molecule is CC(N)C1(c2ccc3[nH]c4c(c3c2)C2CCN4CC2)CC1. The maximum atomic E-state index is 6.27. The fourth-order valence-corrected chi connectivity index (χ4v) is 4.70. The zero-order chi connectivity index (χ0) is 14.2. The number of nitrogens with zero attached hydrogens (tertiary/aromatic N) is 1. The van der Waals surface area contributed by atoms with Crippen LogP contribution in [-0.4, -0.2) is 24.1 Å². The molecule has 1 aliphatic carbocycles. The number of nitrogens with two attached hydrogens (primary N) is 1. The first-order valence-corrected chi connectivity index (χ1v) is 8.36. The third-order valence-corrected chi connectivity index (χ3v) is 6.27. The van der Waals surface area contributed by atoms with Gasteiger partial charge in [-0.25, -0.2) is 0 Å². The molecule has 2 fully saturated rings. The number of piperidine rings is 1. The molecule has 0 spiro atoms. The lowest BCUT2D eigenvalue weighted by molar-refractivity contribution is 0.475. The number of hydrogen-bond donors (Lipinski definition) is 2. The van der Waals surface area contributed by atoms with E-state index in [1.807, 2.05) is 0 Å². The van der Waals surface area contributed by atoms with Crippen molar-refractivity contribution < 1.29 is 0 Å². The van der Waals surface area contributed by atoms with Gasteiger partial charge in [0.1, 0.15) is 5.82 Å². The lowest BCUT2D eigenvalue weighted by Gasteiger charge is -2.40. The number of fused-ring (bicyclic) bond motifs is 3. The normalized spacial score (nSPS) is 24.4. The lowest BCUT2D eigenvalue weighted by Crippen LogP contribution is -2.38. The van der Waals surface area contributed by atoms with E-state index in [1.165, 1.54) is 61.1 Å². The monoisotopic (exact) mass is 281 g/mol. The highest BCUT2D eigenvalue weighted by atomic mass is 15.2. The van der Waals surface area contributed by atoms with E-state index in [1.54, 1.807) is 5.56 Å². The highest BCUT2D eigenvalue weighted by Crippen LogP contribution is 2.52. The third-order valence-electron chi connectivity index (χ3n) is 6.27. The molecule has 2 aromatic rings. The van der Waals surface area contributed by atoms with Crippen molar-refractivity contribution in [2.75, 3.05) is 18.0 Å². The van der Waals surface area contributed by atoms with Gasteiger partial charge < -0.3 is 15.6 Å². The molecule has 1 aromatic heterocycles. The van der Waals surface area contributed by atoms with Crippen LogP contribution in [0.4, 0.5) is 5.82 Å². The topological polar surface area (TPSA) is 45.1 Å². The van der Waals surface area contributed by atoms with E-state index < -0.39 is 0 Å². The first-order chi connectivity index (χ1) is 10.2. The van der Waals surface area contributed by atoms with Crippen molar-refractivity contribution in [3.05, 3.63) is 29.3 Å². The average molecular weight is 281 g/mol. The summed E-state index contributed by atoms with van der Waals surface area (Å²) < 4.78 is 0. The molecular weight excluding hydrogens is 258 g/mol. The minimum atomic E-state index is 0.255. The van der Waals surface area contributed by atoms with Crippen LogP contribution in [0.5, 0.6) is 0 Å². The van der Waals surface area contributed by atoms with Crippen LogP contribution in [0.1, 0.15) is 49.7 Å². The van der Waals surface area contributed by atoms with Gasteiger partial charge in [0, 0.05) is 41.0 Å². The van der Waals surface area contributed by atoms with Gasteiger partial charge in [0.05, 0.1) is 0 Å². The molecule has 3 aliphatic heterocycles. The van der Waals surface area contributed by atoms with Gasteiger partial charge in [-0.2, -0.15) is 0 Å². The van der Waals surface area contributed by atoms with Gasteiger partial charge in [-0.3, -0.25) is 0 Å². The van der Waals surface area contributed by atoms with Crippen molar-refractivity contribution in [1.82, 2.24) is 4.98 Å². The van der Waals surface area contributed by atoms with Crippen molar-refractivity contribution in [3.8, 4) is 0 Å². The second kappa shape index (κ2) is 3.83. The molecule has 1 atom stereocenters. The van der Waals surface area contributed by atoms with Gasteiger partial charge in [0.15, 0.2) is 0 Å². The molecule has 4 heterocycles. The molecule has 4 aliphatic rings. The zero-order valence-corrected chi connectivity index (χ0v) is 12.7. The second-order valence-electron chi connectivity index (χ2n) is 7.35.